The fourth-order valence-electron chi connectivity index (χ4n) is 1.57. The fraction of sp³-hybridized carbons (Fsp3) is 0.385. The second-order valence-electron chi connectivity index (χ2n) is 3.76. The number of carbonyl (C=O) groups excluding carboxylic acids is 2. The zero-order chi connectivity index (χ0) is 13.5. The number of carbonyl (C=O) groups is 2. The lowest BCUT2D eigenvalue weighted by Gasteiger charge is -2.18. The molecule has 1 aromatic rings. The van der Waals surface area contributed by atoms with Gasteiger partial charge in [0.05, 0.1) is 0 Å². The number of ether oxygens (including phenoxy) is 1. The van der Waals surface area contributed by atoms with Crippen molar-refractivity contribution < 1.29 is 14.3 Å². The van der Waals surface area contributed by atoms with Gasteiger partial charge in [0.25, 0.3) is 11.8 Å². The molecule has 0 fully saturated rings. The number of hydrogen-bond acceptors (Lipinski definition) is 3. The first-order valence-corrected chi connectivity index (χ1v) is 5.88. The van der Waals surface area contributed by atoms with E-state index in [0.717, 1.165) is 0 Å². The first-order chi connectivity index (χ1) is 8.58. The third-order valence-corrected chi connectivity index (χ3v) is 2.51. The summed E-state index contributed by atoms with van der Waals surface area (Å²) in [6.45, 7) is 4.97. The highest BCUT2D eigenvalue weighted by Crippen LogP contribution is 2.14. The van der Waals surface area contributed by atoms with E-state index in [9.17, 15) is 9.59 Å². The minimum atomic E-state index is -0.546. The molecule has 0 saturated carbocycles. The third kappa shape index (κ3) is 3.76. The zero-order valence-electron chi connectivity index (χ0n) is 10.7. The summed E-state index contributed by atoms with van der Waals surface area (Å²) in [6, 6.07) is 6.73. The molecular formula is C13H18N2O3. The molecule has 0 atom stereocenters. The highest BCUT2D eigenvalue weighted by molar-refractivity contribution is 5.94. The predicted octanol–water partition coefficient (Wildman–Crippen LogP) is 1.03. The number of benzene rings is 1. The Hall–Kier alpha value is -2.04. The number of amides is 2. The van der Waals surface area contributed by atoms with Gasteiger partial charge < -0.3 is 15.4 Å². The Bertz CT molecular complexity index is 428. The Labute approximate surface area is 107 Å². The maximum atomic E-state index is 12.1. The summed E-state index contributed by atoms with van der Waals surface area (Å²) in [5.74, 6) is -0.133. The van der Waals surface area contributed by atoms with Gasteiger partial charge in [-0.05, 0) is 32.0 Å². The topological polar surface area (TPSA) is 72.6 Å². The summed E-state index contributed by atoms with van der Waals surface area (Å²) in [6.07, 6.45) is 0. The van der Waals surface area contributed by atoms with Crippen LogP contribution in [0.25, 0.3) is 0 Å². The van der Waals surface area contributed by atoms with Gasteiger partial charge in [-0.1, -0.05) is 6.07 Å². The number of primary amides is 1. The molecule has 5 nitrogen and oxygen atoms in total. The van der Waals surface area contributed by atoms with Gasteiger partial charge in [-0.25, -0.2) is 0 Å². The van der Waals surface area contributed by atoms with Crippen molar-refractivity contribution in [3.05, 3.63) is 29.8 Å². The monoisotopic (exact) mass is 250 g/mol. The molecular weight excluding hydrogens is 232 g/mol. The van der Waals surface area contributed by atoms with Crippen molar-refractivity contribution >= 4 is 11.8 Å². The Morgan fingerprint density at radius 3 is 2.50 bits per heavy atom. The van der Waals surface area contributed by atoms with E-state index in [1.54, 1.807) is 29.2 Å². The van der Waals surface area contributed by atoms with Crippen LogP contribution in [0.15, 0.2) is 24.3 Å². The second-order valence-corrected chi connectivity index (χ2v) is 3.76. The maximum Gasteiger partial charge on any atom is 0.255 e. The lowest BCUT2D eigenvalue weighted by atomic mass is 10.2. The maximum absolute atomic E-state index is 12.1. The molecule has 5 heteroatoms. The molecule has 0 aliphatic carbocycles. The Morgan fingerprint density at radius 2 is 1.94 bits per heavy atom. The largest absolute Gasteiger partial charge is 0.484 e. The van der Waals surface area contributed by atoms with Crippen LogP contribution in [0.5, 0.6) is 5.75 Å². The predicted molar refractivity (Wildman–Crippen MR) is 68.4 cm³/mol. The van der Waals surface area contributed by atoms with E-state index < -0.39 is 5.91 Å². The molecule has 0 aliphatic rings. The van der Waals surface area contributed by atoms with Crippen molar-refractivity contribution in [1.29, 1.82) is 0 Å². The van der Waals surface area contributed by atoms with Crippen LogP contribution in [0.1, 0.15) is 24.2 Å². The fourth-order valence-corrected chi connectivity index (χ4v) is 1.57. The lowest BCUT2D eigenvalue weighted by molar-refractivity contribution is -0.119. The van der Waals surface area contributed by atoms with Crippen LogP contribution in [-0.4, -0.2) is 36.4 Å². The molecule has 2 N–H and O–H groups in total. The summed E-state index contributed by atoms with van der Waals surface area (Å²) in [7, 11) is 0. The number of hydrogen-bond donors (Lipinski definition) is 1. The van der Waals surface area contributed by atoms with Crippen molar-refractivity contribution in [3.63, 3.8) is 0 Å². The van der Waals surface area contributed by atoms with Gasteiger partial charge in [-0.3, -0.25) is 9.59 Å². The van der Waals surface area contributed by atoms with Gasteiger partial charge in [0, 0.05) is 18.7 Å². The zero-order valence-corrected chi connectivity index (χ0v) is 10.7. The van der Waals surface area contributed by atoms with E-state index >= 15 is 0 Å². The molecule has 0 aliphatic heterocycles. The van der Waals surface area contributed by atoms with E-state index in [-0.39, 0.29) is 12.5 Å². The molecule has 0 bridgehead atoms. The Morgan fingerprint density at radius 1 is 1.28 bits per heavy atom. The van der Waals surface area contributed by atoms with Crippen LogP contribution in [0, 0.1) is 0 Å². The highest BCUT2D eigenvalue weighted by Gasteiger charge is 2.12. The van der Waals surface area contributed by atoms with Crippen molar-refractivity contribution in [2.75, 3.05) is 19.7 Å². The van der Waals surface area contributed by atoms with Gasteiger partial charge in [0.2, 0.25) is 0 Å². The minimum absolute atomic E-state index is 0.0514. The van der Waals surface area contributed by atoms with Crippen LogP contribution in [0.2, 0.25) is 0 Å². The van der Waals surface area contributed by atoms with E-state index in [1.165, 1.54) is 0 Å². The van der Waals surface area contributed by atoms with Crippen molar-refractivity contribution in [3.8, 4) is 5.75 Å². The number of rotatable bonds is 6. The van der Waals surface area contributed by atoms with Crippen LogP contribution < -0.4 is 10.5 Å². The molecule has 18 heavy (non-hydrogen) atoms. The van der Waals surface area contributed by atoms with E-state index in [1.807, 2.05) is 13.8 Å². The first-order valence-electron chi connectivity index (χ1n) is 5.88. The van der Waals surface area contributed by atoms with Crippen LogP contribution in [0.3, 0.4) is 0 Å². The Kier molecular flexibility index (Phi) is 5.17. The first kappa shape index (κ1) is 14.0. The summed E-state index contributed by atoms with van der Waals surface area (Å²) >= 11 is 0. The normalized spacial score (nSPS) is 9.89. The van der Waals surface area contributed by atoms with Crippen molar-refractivity contribution in [1.82, 2.24) is 4.90 Å². The number of nitrogens with two attached hydrogens (primary N) is 1. The molecule has 0 unspecified atom stereocenters. The van der Waals surface area contributed by atoms with Gasteiger partial charge in [-0.2, -0.15) is 0 Å². The Balaban J connectivity index is 2.81. The van der Waals surface area contributed by atoms with Crippen molar-refractivity contribution in [2.45, 2.75) is 13.8 Å². The van der Waals surface area contributed by atoms with Crippen LogP contribution >= 0.6 is 0 Å². The average Bonchev–Trinajstić information content (AvgIpc) is 2.38. The molecule has 0 spiro atoms. The molecule has 0 aromatic heterocycles. The molecule has 0 heterocycles. The molecule has 1 aromatic carbocycles. The minimum Gasteiger partial charge on any atom is -0.484 e. The van der Waals surface area contributed by atoms with Crippen molar-refractivity contribution in [2.24, 2.45) is 5.73 Å². The van der Waals surface area contributed by atoms with E-state index in [2.05, 4.69) is 0 Å². The molecule has 0 saturated heterocycles. The van der Waals surface area contributed by atoms with E-state index in [0.29, 0.717) is 24.4 Å². The van der Waals surface area contributed by atoms with E-state index in [4.69, 9.17) is 10.5 Å². The van der Waals surface area contributed by atoms with Crippen LogP contribution in [-0.2, 0) is 4.79 Å². The summed E-state index contributed by atoms with van der Waals surface area (Å²) in [5.41, 5.74) is 5.53. The summed E-state index contributed by atoms with van der Waals surface area (Å²) in [5, 5.41) is 0. The van der Waals surface area contributed by atoms with Gasteiger partial charge in [-0.15, -0.1) is 0 Å². The molecule has 0 radical (unpaired) electrons. The lowest BCUT2D eigenvalue weighted by Crippen LogP contribution is -2.30. The molecule has 2 amide bonds. The smallest absolute Gasteiger partial charge is 0.255 e. The number of nitrogens with zero attached hydrogens (tertiary/aromatic N) is 1. The SMILES string of the molecule is CCN(CC)C(=O)c1cccc(OCC(N)=O)c1. The average molecular weight is 250 g/mol. The quantitative estimate of drug-likeness (QED) is 0.819. The summed E-state index contributed by atoms with van der Waals surface area (Å²) < 4.78 is 5.16. The standard InChI is InChI=1S/C13H18N2O3/c1-3-15(4-2)13(17)10-6-5-7-11(8-10)18-9-12(14)16/h5-8H,3-4,9H2,1-2H3,(H2,14,16). The van der Waals surface area contributed by atoms with Gasteiger partial charge in [0.1, 0.15) is 5.75 Å². The van der Waals surface area contributed by atoms with Crippen LogP contribution in [0.4, 0.5) is 0 Å². The van der Waals surface area contributed by atoms with Gasteiger partial charge in [0.15, 0.2) is 6.61 Å². The van der Waals surface area contributed by atoms with Gasteiger partial charge >= 0.3 is 0 Å². The molecule has 98 valence electrons. The highest BCUT2D eigenvalue weighted by atomic mass is 16.5. The third-order valence-electron chi connectivity index (χ3n) is 2.51. The second kappa shape index (κ2) is 6.64. The summed E-state index contributed by atoms with van der Waals surface area (Å²) in [4.78, 5) is 24.4. The molecule has 1 rings (SSSR count).